The molecule has 1 aromatic heterocycles. The van der Waals surface area contributed by atoms with Crippen molar-refractivity contribution < 1.29 is 0 Å². The van der Waals surface area contributed by atoms with Gasteiger partial charge in [0, 0.05) is 33.8 Å². The molecule has 1 aliphatic carbocycles. The van der Waals surface area contributed by atoms with Crippen LogP contribution < -0.4 is 0 Å². The topological polar surface area (TPSA) is 17.3 Å². The normalized spacial score (nSPS) is 13.5. The van der Waals surface area contributed by atoms with Crippen LogP contribution in [0.5, 0.6) is 0 Å². The Bertz CT molecular complexity index is 2510. The molecule has 0 fully saturated rings. The van der Waals surface area contributed by atoms with Gasteiger partial charge in [0.05, 0.1) is 22.4 Å². The fraction of sp³-hybridized carbons (Fsp3) is 0.0488. The van der Waals surface area contributed by atoms with Gasteiger partial charge in [0.2, 0.25) is 0 Å². The van der Waals surface area contributed by atoms with Crippen LogP contribution in [0.3, 0.4) is 0 Å². The second-order valence-corrected chi connectivity index (χ2v) is 11.9. The van der Waals surface area contributed by atoms with Gasteiger partial charge in [-0.2, -0.15) is 0 Å². The number of para-hydroxylation sites is 2. The quantitative estimate of drug-likeness (QED) is 0.205. The van der Waals surface area contributed by atoms with E-state index < -0.39 is 0 Å². The maximum absolute atomic E-state index is 5.24. The smallest absolute Gasteiger partial charge is 0.0669 e. The lowest BCUT2D eigenvalue weighted by molar-refractivity contribution is 1.16. The van der Waals surface area contributed by atoms with Crippen LogP contribution in [0.15, 0.2) is 138 Å². The second-order valence-electron chi connectivity index (χ2n) is 11.9. The van der Waals surface area contributed by atoms with Crippen LogP contribution in [0.2, 0.25) is 0 Å². The van der Waals surface area contributed by atoms with E-state index in [-0.39, 0.29) is 0 Å². The molecule has 2 aliphatic rings. The lowest BCUT2D eigenvalue weighted by Crippen LogP contribution is -2.06. The zero-order chi connectivity index (χ0) is 28.1. The van der Waals surface area contributed by atoms with E-state index in [9.17, 15) is 0 Å². The number of aliphatic imine (C=N–C) groups is 1. The van der Waals surface area contributed by atoms with E-state index in [1.165, 1.54) is 82.4 Å². The van der Waals surface area contributed by atoms with Crippen molar-refractivity contribution in [2.45, 2.75) is 12.8 Å². The van der Waals surface area contributed by atoms with E-state index >= 15 is 0 Å². The molecule has 43 heavy (non-hydrogen) atoms. The van der Waals surface area contributed by atoms with Crippen molar-refractivity contribution in [1.29, 1.82) is 0 Å². The Hall–Kier alpha value is -5.47. The maximum atomic E-state index is 5.24. The summed E-state index contributed by atoms with van der Waals surface area (Å²) in [6, 6.07) is 49.1. The fourth-order valence-corrected chi connectivity index (χ4v) is 7.74. The van der Waals surface area contributed by atoms with E-state index in [1.807, 2.05) is 0 Å². The molecule has 7 aromatic carbocycles. The highest BCUT2D eigenvalue weighted by Crippen LogP contribution is 2.46. The van der Waals surface area contributed by atoms with Crippen LogP contribution in [-0.2, 0) is 12.8 Å². The summed E-state index contributed by atoms with van der Waals surface area (Å²) in [5.41, 5.74) is 14.0. The largest absolute Gasteiger partial charge is 0.309 e. The lowest BCUT2D eigenvalue weighted by Gasteiger charge is -2.16. The van der Waals surface area contributed by atoms with Crippen molar-refractivity contribution in [2.75, 3.05) is 0 Å². The van der Waals surface area contributed by atoms with Crippen LogP contribution in [0, 0.1) is 0 Å². The molecule has 2 heteroatoms. The second kappa shape index (κ2) is 8.53. The summed E-state index contributed by atoms with van der Waals surface area (Å²) < 4.78 is 2.50. The molecule has 0 saturated carbocycles. The standard InChI is InChI=1S/C41H26N2/c1-4-12-30-25(9-1)17-19-33-35(30)22-28-21-29(24-36(40(28)33)38-23-27-11-3-7-15-37(27)42-38)43-39-16-8-6-14-32(39)34-20-18-26-10-2-5-13-31(26)41(34)43/h1-21,24H,22-23H2. The highest BCUT2D eigenvalue weighted by atomic mass is 15.0. The minimum absolute atomic E-state index is 0.852. The van der Waals surface area contributed by atoms with Gasteiger partial charge in [-0.15, -0.1) is 0 Å². The summed E-state index contributed by atoms with van der Waals surface area (Å²) in [6.45, 7) is 0. The molecule has 10 rings (SSSR count). The van der Waals surface area contributed by atoms with E-state index in [1.54, 1.807) is 0 Å². The Morgan fingerprint density at radius 1 is 0.512 bits per heavy atom. The number of rotatable bonds is 2. The highest BCUT2D eigenvalue weighted by Gasteiger charge is 2.29. The Balaban J connectivity index is 1.31. The molecule has 2 heterocycles. The first-order valence-corrected chi connectivity index (χ1v) is 15.1. The molecular weight excluding hydrogens is 520 g/mol. The minimum atomic E-state index is 0.852. The van der Waals surface area contributed by atoms with E-state index in [0.29, 0.717) is 0 Å². The average molecular weight is 547 g/mol. The van der Waals surface area contributed by atoms with Crippen LogP contribution >= 0.6 is 0 Å². The molecule has 0 atom stereocenters. The minimum Gasteiger partial charge on any atom is -0.309 e. The molecule has 0 spiro atoms. The van der Waals surface area contributed by atoms with Gasteiger partial charge >= 0.3 is 0 Å². The van der Waals surface area contributed by atoms with Gasteiger partial charge < -0.3 is 4.57 Å². The molecule has 200 valence electrons. The first kappa shape index (κ1) is 23.1. The molecule has 0 unspecified atom stereocenters. The number of benzene rings is 7. The van der Waals surface area contributed by atoms with Crippen molar-refractivity contribution in [3.63, 3.8) is 0 Å². The van der Waals surface area contributed by atoms with Crippen LogP contribution in [0.1, 0.15) is 22.3 Å². The van der Waals surface area contributed by atoms with Gasteiger partial charge in [-0.3, -0.25) is 4.99 Å². The lowest BCUT2D eigenvalue weighted by atomic mass is 9.92. The third-order valence-corrected chi connectivity index (χ3v) is 9.62. The van der Waals surface area contributed by atoms with Crippen LogP contribution in [0.25, 0.3) is 60.2 Å². The van der Waals surface area contributed by atoms with E-state index in [4.69, 9.17) is 4.99 Å². The number of fused-ring (bicyclic) bond motifs is 11. The van der Waals surface area contributed by atoms with Crippen molar-refractivity contribution in [2.24, 2.45) is 4.99 Å². The number of aromatic nitrogens is 1. The van der Waals surface area contributed by atoms with E-state index in [0.717, 1.165) is 24.2 Å². The van der Waals surface area contributed by atoms with Crippen LogP contribution in [-0.4, -0.2) is 10.3 Å². The van der Waals surface area contributed by atoms with Crippen molar-refractivity contribution >= 4 is 54.7 Å². The van der Waals surface area contributed by atoms with Crippen molar-refractivity contribution in [3.05, 3.63) is 156 Å². The third kappa shape index (κ3) is 3.21. The summed E-state index contributed by atoms with van der Waals surface area (Å²) in [4.78, 5) is 5.24. The summed E-state index contributed by atoms with van der Waals surface area (Å²) in [5, 5.41) is 7.76. The number of nitrogens with zero attached hydrogens (tertiary/aromatic N) is 2. The monoisotopic (exact) mass is 546 g/mol. The molecule has 1 aliphatic heterocycles. The van der Waals surface area contributed by atoms with Gasteiger partial charge in [0.1, 0.15) is 0 Å². The Labute approximate surface area is 249 Å². The van der Waals surface area contributed by atoms with Gasteiger partial charge in [0.15, 0.2) is 0 Å². The zero-order valence-corrected chi connectivity index (χ0v) is 23.5. The Morgan fingerprint density at radius 3 is 2.12 bits per heavy atom. The molecule has 0 radical (unpaired) electrons. The fourth-order valence-electron chi connectivity index (χ4n) is 7.74. The highest BCUT2D eigenvalue weighted by molar-refractivity contribution is 6.19. The molecule has 2 nitrogen and oxygen atoms in total. The molecule has 0 N–H and O–H groups in total. The summed E-state index contributed by atoms with van der Waals surface area (Å²) in [7, 11) is 0. The van der Waals surface area contributed by atoms with Gasteiger partial charge in [-0.05, 0) is 74.7 Å². The zero-order valence-electron chi connectivity index (χ0n) is 23.5. The van der Waals surface area contributed by atoms with Crippen LogP contribution in [0.4, 0.5) is 5.69 Å². The van der Waals surface area contributed by atoms with Gasteiger partial charge in [-0.1, -0.05) is 109 Å². The molecule has 0 bridgehead atoms. The Kier molecular flexibility index (Phi) is 4.59. The maximum Gasteiger partial charge on any atom is 0.0669 e. The van der Waals surface area contributed by atoms with E-state index in [2.05, 4.69) is 138 Å². The summed E-state index contributed by atoms with van der Waals surface area (Å²) in [5.74, 6) is 0. The number of hydrogen-bond donors (Lipinski definition) is 0. The van der Waals surface area contributed by atoms with Crippen molar-refractivity contribution in [3.8, 4) is 16.8 Å². The molecule has 0 saturated heterocycles. The predicted molar refractivity (Wildman–Crippen MR) is 180 cm³/mol. The third-order valence-electron chi connectivity index (χ3n) is 9.62. The average Bonchev–Trinajstić information content (AvgIpc) is 3.76. The number of hydrogen-bond acceptors (Lipinski definition) is 1. The molecule has 0 amide bonds. The van der Waals surface area contributed by atoms with Crippen molar-refractivity contribution in [1.82, 2.24) is 4.57 Å². The molecule has 8 aromatic rings. The Morgan fingerprint density at radius 2 is 1.23 bits per heavy atom. The first-order chi connectivity index (χ1) is 21.3. The van der Waals surface area contributed by atoms with Gasteiger partial charge in [0.25, 0.3) is 0 Å². The SMILES string of the molecule is c1ccc2c(c1)CC(c1cc(-n3c4ccccc4c4ccc5ccccc5c43)cc3c1-c1ccc4ccccc4c1C3)=N2. The predicted octanol–water partition coefficient (Wildman–Crippen LogP) is 10.3. The summed E-state index contributed by atoms with van der Waals surface area (Å²) in [6.07, 6.45) is 1.77. The molecular formula is C41H26N2. The summed E-state index contributed by atoms with van der Waals surface area (Å²) >= 11 is 0. The van der Waals surface area contributed by atoms with Gasteiger partial charge in [-0.25, -0.2) is 0 Å². The first-order valence-electron chi connectivity index (χ1n) is 15.1.